The monoisotopic (exact) mass is 253 g/mol. The van der Waals surface area contributed by atoms with Crippen LogP contribution in [0.1, 0.15) is 38.8 Å². The number of ether oxygens (including phenoxy) is 1. The molecular weight excluding hydrogens is 230 g/mol. The van der Waals surface area contributed by atoms with Crippen LogP contribution >= 0.6 is 11.8 Å². The normalized spacial score (nSPS) is 14.4. The molecule has 1 aromatic rings. The van der Waals surface area contributed by atoms with E-state index >= 15 is 0 Å². The number of hydrogen-bond donors (Lipinski definition) is 1. The summed E-state index contributed by atoms with van der Waals surface area (Å²) in [5.41, 5.74) is 7.16. The predicted molar refractivity (Wildman–Crippen MR) is 75.8 cm³/mol. The molecule has 0 aliphatic heterocycles. The van der Waals surface area contributed by atoms with Gasteiger partial charge in [-0.15, -0.1) is 11.8 Å². The van der Waals surface area contributed by atoms with Crippen LogP contribution < -0.4 is 10.5 Å². The van der Waals surface area contributed by atoms with Crippen molar-refractivity contribution in [2.75, 3.05) is 12.9 Å². The molecule has 0 saturated heterocycles. The SMILES string of the molecule is CCC(C)CSc1cccc(OC)c1[C@H](C)N. The molecule has 2 atom stereocenters. The summed E-state index contributed by atoms with van der Waals surface area (Å²) in [5, 5.41) is 0. The number of rotatable bonds is 6. The lowest BCUT2D eigenvalue weighted by atomic mass is 10.1. The van der Waals surface area contributed by atoms with Crippen molar-refractivity contribution >= 4 is 11.8 Å². The van der Waals surface area contributed by atoms with E-state index in [1.807, 2.05) is 30.8 Å². The third-order valence-electron chi connectivity index (χ3n) is 2.92. The van der Waals surface area contributed by atoms with Gasteiger partial charge in [0, 0.05) is 22.3 Å². The van der Waals surface area contributed by atoms with Crippen LogP contribution in [0.3, 0.4) is 0 Å². The first-order valence-electron chi connectivity index (χ1n) is 6.15. The van der Waals surface area contributed by atoms with Crippen LogP contribution in [0, 0.1) is 5.92 Å². The van der Waals surface area contributed by atoms with E-state index in [4.69, 9.17) is 10.5 Å². The fourth-order valence-corrected chi connectivity index (χ4v) is 2.94. The summed E-state index contributed by atoms with van der Waals surface area (Å²) in [6.45, 7) is 6.51. The summed E-state index contributed by atoms with van der Waals surface area (Å²) in [5.74, 6) is 2.75. The van der Waals surface area contributed by atoms with Crippen molar-refractivity contribution in [2.45, 2.75) is 38.1 Å². The van der Waals surface area contributed by atoms with Gasteiger partial charge in [-0.25, -0.2) is 0 Å². The molecule has 2 nitrogen and oxygen atoms in total. The van der Waals surface area contributed by atoms with Crippen LogP contribution in [-0.4, -0.2) is 12.9 Å². The van der Waals surface area contributed by atoms with Crippen molar-refractivity contribution in [3.8, 4) is 5.75 Å². The lowest BCUT2D eigenvalue weighted by molar-refractivity contribution is 0.405. The molecule has 2 N–H and O–H groups in total. The molecule has 0 saturated carbocycles. The van der Waals surface area contributed by atoms with Crippen molar-refractivity contribution in [1.82, 2.24) is 0 Å². The van der Waals surface area contributed by atoms with Crippen molar-refractivity contribution in [1.29, 1.82) is 0 Å². The minimum absolute atomic E-state index is 0.00517. The Morgan fingerprint density at radius 1 is 1.35 bits per heavy atom. The molecule has 0 radical (unpaired) electrons. The fraction of sp³-hybridized carbons (Fsp3) is 0.571. The first kappa shape index (κ1) is 14.4. The van der Waals surface area contributed by atoms with Crippen molar-refractivity contribution in [3.05, 3.63) is 23.8 Å². The average molecular weight is 253 g/mol. The van der Waals surface area contributed by atoms with E-state index in [1.54, 1.807) is 7.11 Å². The van der Waals surface area contributed by atoms with Crippen molar-refractivity contribution < 1.29 is 4.74 Å². The smallest absolute Gasteiger partial charge is 0.124 e. The maximum atomic E-state index is 6.04. The van der Waals surface area contributed by atoms with E-state index in [9.17, 15) is 0 Å². The summed E-state index contributed by atoms with van der Waals surface area (Å²) in [6.07, 6.45) is 1.21. The highest BCUT2D eigenvalue weighted by atomic mass is 32.2. The molecule has 1 unspecified atom stereocenters. The van der Waals surface area contributed by atoms with Gasteiger partial charge in [-0.3, -0.25) is 0 Å². The van der Waals surface area contributed by atoms with Crippen LogP contribution in [0.2, 0.25) is 0 Å². The Bertz CT molecular complexity index is 352. The van der Waals surface area contributed by atoms with Gasteiger partial charge in [-0.1, -0.05) is 26.3 Å². The zero-order valence-corrected chi connectivity index (χ0v) is 12.0. The van der Waals surface area contributed by atoms with E-state index in [2.05, 4.69) is 19.9 Å². The summed E-state index contributed by atoms with van der Waals surface area (Å²) >= 11 is 1.88. The third-order valence-corrected chi connectivity index (χ3v) is 4.32. The highest BCUT2D eigenvalue weighted by Crippen LogP contribution is 2.34. The number of nitrogens with two attached hydrogens (primary N) is 1. The minimum atomic E-state index is 0.00517. The van der Waals surface area contributed by atoms with Gasteiger partial charge in [-0.05, 0) is 25.0 Å². The second-order valence-corrected chi connectivity index (χ2v) is 5.55. The second-order valence-electron chi connectivity index (χ2n) is 4.49. The molecule has 0 heterocycles. The van der Waals surface area contributed by atoms with Gasteiger partial charge in [0.15, 0.2) is 0 Å². The van der Waals surface area contributed by atoms with Gasteiger partial charge >= 0.3 is 0 Å². The molecule has 0 spiro atoms. The van der Waals surface area contributed by atoms with Crippen LogP contribution in [0.5, 0.6) is 5.75 Å². The zero-order valence-electron chi connectivity index (χ0n) is 11.2. The third kappa shape index (κ3) is 3.93. The average Bonchev–Trinajstić information content (AvgIpc) is 2.34. The van der Waals surface area contributed by atoms with Gasteiger partial charge in [0.05, 0.1) is 7.11 Å². The van der Waals surface area contributed by atoms with E-state index in [-0.39, 0.29) is 6.04 Å². The van der Waals surface area contributed by atoms with Gasteiger partial charge in [0.1, 0.15) is 5.75 Å². The summed E-state index contributed by atoms with van der Waals surface area (Å²) in [6, 6.07) is 6.15. The summed E-state index contributed by atoms with van der Waals surface area (Å²) in [4.78, 5) is 1.25. The first-order chi connectivity index (χ1) is 8.10. The largest absolute Gasteiger partial charge is 0.496 e. The molecule has 0 aliphatic carbocycles. The Labute approximate surface area is 109 Å². The maximum absolute atomic E-state index is 6.04. The molecule has 96 valence electrons. The van der Waals surface area contributed by atoms with Crippen LogP contribution in [0.25, 0.3) is 0 Å². The number of benzene rings is 1. The Morgan fingerprint density at radius 2 is 2.06 bits per heavy atom. The van der Waals surface area contributed by atoms with E-state index in [0.29, 0.717) is 0 Å². The lowest BCUT2D eigenvalue weighted by Crippen LogP contribution is -2.09. The Hall–Kier alpha value is -0.670. The lowest BCUT2D eigenvalue weighted by Gasteiger charge is -2.17. The van der Waals surface area contributed by atoms with Gasteiger partial charge in [-0.2, -0.15) is 0 Å². The highest BCUT2D eigenvalue weighted by molar-refractivity contribution is 7.99. The molecule has 0 fully saturated rings. The first-order valence-corrected chi connectivity index (χ1v) is 7.14. The fourth-order valence-electron chi connectivity index (χ4n) is 1.63. The molecule has 0 bridgehead atoms. The number of thioether (sulfide) groups is 1. The maximum Gasteiger partial charge on any atom is 0.124 e. The quantitative estimate of drug-likeness (QED) is 0.782. The van der Waals surface area contributed by atoms with E-state index < -0.39 is 0 Å². The molecule has 1 rings (SSSR count). The van der Waals surface area contributed by atoms with Gasteiger partial charge in [0.2, 0.25) is 0 Å². The minimum Gasteiger partial charge on any atom is -0.496 e. The molecule has 1 aromatic carbocycles. The van der Waals surface area contributed by atoms with Crippen LogP contribution in [0.15, 0.2) is 23.1 Å². The Morgan fingerprint density at radius 3 is 2.59 bits per heavy atom. The van der Waals surface area contributed by atoms with E-state index in [0.717, 1.165) is 23.0 Å². The van der Waals surface area contributed by atoms with Crippen LogP contribution in [-0.2, 0) is 0 Å². The second kappa shape index (κ2) is 6.92. The van der Waals surface area contributed by atoms with Gasteiger partial charge in [0.25, 0.3) is 0 Å². The highest BCUT2D eigenvalue weighted by Gasteiger charge is 2.13. The molecule has 17 heavy (non-hydrogen) atoms. The Balaban J connectivity index is 2.90. The summed E-state index contributed by atoms with van der Waals surface area (Å²) < 4.78 is 5.39. The topological polar surface area (TPSA) is 35.2 Å². The van der Waals surface area contributed by atoms with Crippen molar-refractivity contribution in [2.24, 2.45) is 11.7 Å². The molecule has 0 aliphatic rings. The molecule has 0 aromatic heterocycles. The summed E-state index contributed by atoms with van der Waals surface area (Å²) in [7, 11) is 1.70. The molecule has 0 amide bonds. The number of hydrogen-bond acceptors (Lipinski definition) is 3. The predicted octanol–water partition coefficient (Wildman–Crippen LogP) is 3.85. The van der Waals surface area contributed by atoms with Crippen LogP contribution in [0.4, 0.5) is 0 Å². The zero-order chi connectivity index (χ0) is 12.8. The molecule has 3 heteroatoms. The van der Waals surface area contributed by atoms with Crippen molar-refractivity contribution in [3.63, 3.8) is 0 Å². The van der Waals surface area contributed by atoms with E-state index in [1.165, 1.54) is 11.3 Å². The standard InChI is InChI=1S/C14H23NOS/c1-5-10(2)9-17-13-8-6-7-12(16-4)14(13)11(3)15/h6-8,10-11H,5,9,15H2,1-4H3/t10?,11-/m0/s1. The Kier molecular flexibility index (Phi) is 5.86. The number of methoxy groups -OCH3 is 1. The van der Waals surface area contributed by atoms with Gasteiger partial charge < -0.3 is 10.5 Å². The molecular formula is C14H23NOS.